The van der Waals surface area contributed by atoms with Crippen LogP contribution < -0.4 is 15.6 Å². The van der Waals surface area contributed by atoms with Crippen molar-refractivity contribution in [2.24, 2.45) is 0 Å². The van der Waals surface area contributed by atoms with E-state index in [1.807, 2.05) is 11.2 Å². The normalized spacial score (nSPS) is 13.8. The fourth-order valence-electron chi connectivity index (χ4n) is 2.80. The first kappa shape index (κ1) is 21.0. The molecule has 0 aliphatic carbocycles. The van der Waals surface area contributed by atoms with E-state index in [1.165, 1.54) is 23.9 Å². The maximum Gasteiger partial charge on any atom is 0.270 e. The standard InChI is InChI=1S/C16H19N7O4S2/c1-10-18-19-16(29-2)22(10)20-15(28)17-14(24)12-9-11(23(25)26)3-4-13(12)21-5-7-27-8-6-21/h3-4,9H,5-8H2,1-2H3,(H2,17,20,24,28). The Morgan fingerprint density at radius 1 is 1.34 bits per heavy atom. The molecule has 0 unspecified atom stereocenters. The van der Waals surface area contributed by atoms with Crippen molar-refractivity contribution in [2.45, 2.75) is 12.1 Å². The third-order valence-electron chi connectivity index (χ3n) is 4.21. The Morgan fingerprint density at radius 3 is 2.72 bits per heavy atom. The van der Waals surface area contributed by atoms with E-state index < -0.39 is 10.8 Å². The number of non-ortho nitro benzene ring substituents is 1. The van der Waals surface area contributed by atoms with Crippen molar-refractivity contribution in [2.75, 3.05) is 42.9 Å². The molecule has 1 fully saturated rings. The van der Waals surface area contributed by atoms with Crippen LogP contribution in [0.1, 0.15) is 16.2 Å². The first-order chi connectivity index (χ1) is 13.9. The lowest BCUT2D eigenvalue weighted by Crippen LogP contribution is -2.41. The second kappa shape index (κ2) is 9.15. The van der Waals surface area contributed by atoms with Gasteiger partial charge in [-0.3, -0.25) is 25.7 Å². The van der Waals surface area contributed by atoms with Crippen LogP contribution in [0.25, 0.3) is 0 Å². The lowest BCUT2D eigenvalue weighted by Gasteiger charge is -2.30. The van der Waals surface area contributed by atoms with Gasteiger partial charge in [0.2, 0.25) is 5.16 Å². The molecule has 2 aromatic rings. The minimum atomic E-state index is -0.552. The van der Waals surface area contributed by atoms with Crippen LogP contribution in [0.2, 0.25) is 0 Å². The van der Waals surface area contributed by atoms with Gasteiger partial charge in [-0.1, -0.05) is 11.8 Å². The van der Waals surface area contributed by atoms with E-state index >= 15 is 0 Å². The van der Waals surface area contributed by atoms with Gasteiger partial charge >= 0.3 is 0 Å². The topological polar surface area (TPSA) is 127 Å². The molecule has 0 atom stereocenters. The summed E-state index contributed by atoms with van der Waals surface area (Å²) in [6.45, 7) is 3.93. The smallest absolute Gasteiger partial charge is 0.270 e. The van der Waals surface area contributed by atoms with Crippen molar-refractivity contribution in [3.05, 3.63) is 39.7 Å². The summed E-state index contributed by atoms with van der Waals surface area (Å²) >= 11 is 6.59. The van der Waals surface area contributed by atoms with Crippen molar-refractivity contribution < 1.29 is 14.5 Å². The predicted octanol–water partition coefficient (Wildman–Crippen LogP) is 1.31. The van der Waals surface area contributed by atoms with Gasteiger partial charge in [0.1, 0.15) is 5.82 Å². The zero-order chi connectivity index (χ0) is 21.0. The van der Waals surface area contributed by atoms with E-state index in [-0.39, 0.29) is 16.4 Å². The van der Waals surface area contributed by atoms with Gasteiger partial charge in [0, 0.05) is 25.2 Å². The monoisotopic (exact) mass is 437 g/mol. The zero-order valence-electron chi connectivity index (χ0n) is 15.7. The number of thioether (sulfide) groups is 1. The number of thiocarbonyl (C=S) groups is 1. The quantitative estimate of drug-likeness (QED) is 0.306. The van der Waals surface area contributed by atoms with Gasteiger partial charge in [0.05, 0.1) is 29.4 Å². The zero-order valence-corrected chi connectivity index (χ0v) is 17.4. The van der Waals surface area contributed by atoms with Crippen molar-refractivity contribution >= 4 is 46.4 Å². The van der Waals surface area contributed by atoms with E-state index in [9.17, 15) is 14.9 Å². The number of nitro groups is 1. The van der Waals surface area contributed by atoms with E-state index in [0.29, 0.717) is 43.0 Å². The van der Waals surface area contributed by atoms with Gasteiger partial charge in [-0.05, 0) is 31.5 Å². The predicted molar refractivity (Wildman–Crippen MR) is 112 cm³/mol. The number of hydrogen-bond donors (Lipinski definition) is 2. The number of hydrogen-bond acceptors (Lipinski definition) is 9. The maximum atomic E-state index is 12.9. The second-order valence-electron chi connectivity index (χ2n) is 6.02. The van der Waals surface area contributed by atoms with Crippen LogP contribution in [0.5, 0.6) is 0 Å². The molecule has 13 heteroatoms. The minimum Gasteiger partial charge on any atom is -0.378 e. The molecule has 3 rings (SSSR count). The second-order valence-corrected chi connectivity index (χ2v) is 7.20. The summed E-state index contributed by atoms with van der Waals surface area (Å²) in [5.41, 5.74) is 3.42. The van der Waals surface area contributed by atoms with Crippen LogP contribution in [-0.2, 0) is 4.74 Å². The number of ether oxygens (including phenoxy) is 1. The molecular formula is C16H19N7O4S2. The Labute approximate surface area is 175 Å². The SMILES string of the molecule is CSc1nnc(C)n1NC(=S)NC(=O)c1cc([N+](=O)[O-])ccc1N1CCOCC1. The first-order valence-electron chi connectivity index (χ1n) is 8.60. The third kappa shape index (κ3) is 4.81. The fraction of sp³-hybridized carbons (Fsp3) is 0.375. The Kier molecular flexibility index (Phi) is 6.61. The highest BCUT2D eigenvalue weighted by molar-refractivity contribution is 7.98. The summed E-state index contributed by atoms with van der Waals surface area (Å²) in [5.74, 6) is 0.0134. The van der Waals surface area contributed by atoms with Crippen LogP contribution in [0.15, 0.2) is 23.4 Å². The number of nitrogens with zero attached hydrogens (tertiary/aromatic N) is 5. The highest BCUT2D eigenvalue weighted by Crippen LogP contribution is 2.26. The Bertz CT molecular complexity index is 943. The Hall–Kier alpha value is -2.77. The molecule has 1 aromatic carbocycles. The van der Waals surface area contributed by atoms with E-state index in [4.69, 9.17) is 17.0 Å². The summed E-state index contributed by atoms with van der Waals surface area (Å²) < 4.78 is 6.89. The number of nitrogens with one attached hydrogen (secondary N) is 2. The van der Waals surface area contributed by atoms with E-state index in [2.05, 4.69) is 20.9 Å². The summed E-state index contributed by atoms with van der Waals surface area (Å²) in [5, 5.41) is 22.3. The molecule has 11 nitrogen and oxygen atoms in total. The lowest BCUT2D eigenvalue weighted by atomic mass is 10.1. The van der Waals surface area contributed by atoms with Crippen molar-refractivity contribution in [3.8, 4) is 0 Å². The Balaban J connectivity index is 1.82. The molecule has 1 amide bonds. The van der Waals surface area contributed by atoms with Crippen LogP contribution >= 0.6 is 24.0 Å². The molecule has 1 aliphatic heterocycles. The summed E-state index contributed by atoms with van der Waals surface area (Å²) in [6.07, 6.45) is 1.83. The summed E-state index contributed by atoms with van der Waals surface area (Å²) in [7, 11) is 0. The van der Waals surface area contributed by atoms with E-state index in [1.54, 1.807) is 17.7 Å². The first-order valence-corrected chi connectivity index (χ1v) is 10.2. The molecule has 1 aliphatic rings. The number of anilines is 1. The highest BCUT2D eigenvalue weighted by Gasteiger charge is 2.23. The van der Waals surface area contributed by atoms with Crippen LogP contribution in [0.4, 0.5) is 11.4 Å². The Morgan fingerprint density at radius 2 is 2.07 bits per heavy atom. The van der Waals surface area contributed by atoms with Gasteiger partial charge in [0.15, 0.2) is 5.11 Å². The number of morpholine rings is 1. The van der Waals surface area contributed by atoms with Gasteiger partial charge in [0.25, 0.3) is 11.6 Å². The van der Waals surface area contributed by atoms with Crippen molar-refractivity contribution in [1.82, 2.24) is 20.2 Å². The number of carbonyl (C=O) groups is 1. The molecule has 0 saturated carbocycles. The minimum absolute atomic E-state index is 0.0210. The molecule has 0 bridgehead atoms. The lowest BCUT2D eigenvalue weighted by molar-refractivity contribution is -0.384. The molecule has 1 saturated heterocycles. The summed E-state index contributed by atoms with van der Waals surface area (Å²) in [6, 6.07) is 4.20. The number of aryl methyl sites for hydroxylation is 1. The van der Waals surface area contributed by atoms with Gasteiger partial charge in [-0.25, -0.2) is 4.68 Å². The molecule has 154 valence electrons. The van der Waals surface area contributed by atoms with Crippen LogP contribution in [0.3, 0.4) is 0 Å². The molecular weight excluding hydrogens is 418 g/mol. The number of benzene rings is 1. The van der Waals surface area contributed by atoms with Gasteiger partial charge < -0.3 is 9.64 Å². The van der Waals surface area contributed by atoms with Crippen molar-refractivity contribution in [1.29, 1.82) is 0 Å². The van der Waals surface area contributed by atoms with Crippen LogP contribution in [0, 0.1) is 17.0 Å². The van der Waals surface area contributed by atoms with Gasteiger partial charge in [-0.15, -0.1) is 10.2 Å². The molecule has 2 heterocycles. The molecule has 0 spiro atoms. The number of rotatable bonds is 5. The molecule has 1 aromatic heterocycles. The van der Waals surface area contributed by atoms with Gasteiger partial charge in [-0.2, -0.15) is 0 Å². The number of nitro benzene ring substituents is 1. The molecule has 29 heavy (non-hydrogen) atoms. The largest absolute Gasteiger partial charge is 0.378 e. The number of aromatic nitrogens is 3. The highest BCUT2D eigenvalue weighted by atomic mass is 32.2. The molecule has 0 radical (unpaired) electrons. The van der Waals surface area contributed by atoms with Crippen LogP contribution in [-0.4, -0.2) is 63.4 Å². The molecule has 2 N–H and O–H groups in total. The maximum absolute atomic E-state index is 12.9. The number of carbonyl (C=O) groups excluding carboxylic acids is 1. The number of amides is 1. The fourth-order valence-corrected chi connectivity index (χ4v) is 3.47. The average molecular weight is 438 g/mol. The average Bonchev–Trinajstić information content (AvgIpc) is 3.07. The summed E-state index contributed by atoms with van der Waals surface area (Å²) in [4.78, 5) is 25.5. The third-order valence-corrected chi connectivity index (χ3v) is 5.03. The van der Waals surface area contributed by atoms with Crippen molar-refractivity contribution in [3.63, 3.8) is 0 Å². The van der Waals surface area contributed by atoms with E-state index in [0.717, 1.165) is 0 Å².